The lowest BCUT2D eigenvalue weighted by Crippen LogP contribution is -2.31. The standard InChI is InChI=1S/C14H19NO3/c1-10-6-7-14(8-10,13(16)17)9-11-4-3-5-12(15-11)18-2/h3-5,10H,6-9H2,1-2H3,(H,16,17). The number of carboxylic acids is 1. The largest absolute Gasteiger partial charge is 0.481 e. The van der Waals surface area contributed by atoms with Gasteiger partial charge in [0.1, 0.15) is 0 Å². The van der Waals surface area contributed by atoms with Crippen LogP contribution in [0, 0.1) is 11.3 Å². The van der Waals surface area contributed by atoms with Crippen LogP contribution in [0.4, 0.5) is 0 Å². The molecule has 4 nitrogen and oxygen atoms in total. The van der Waals surface area contributed by atoms with Gasteiger partial charge in [0.2, 0.25) is 5.88 Å². The van der Waals surface area contributed by atoms with Crippen LogP contribution < -0.4 is 4.74 Å². The van der Waals surface area contributed by atoms with E-state index in [2.05, 4.69) is 11.9 Å². The van der Waals surface area contributed by atoms with Gasteiger partial charge in [0.15, 0.2) is 0 Å². The van der Waals surface area contributed by atoms with E-state index in [4.69, 9.17) is 4.74 Å². The van der Waals surface area contributed by atoms with Crippen LogP contribution in [-0.4, -0.2) is 23.2 Å². The Kier molecular flexibility index (Phi) is 3.55. The molecule has 2 unspecified atom stereocenters. The second-order valence-electron chi connectivity index (χ2n) is 5.28. The fraction of sp³-hybridized carbons (Fsp3) is 0.571. The molecule has 1 aliphatic carbocycles. The molecule has 98 valence electrons. The van der Waals surface area contributed by atoms with E-state index in [1.807, 2.05) is 12.1 Å². The summed E-state index contributed by atoms with van der Waals surface area (Å²) in [7, 11) is 1.57. The van der Waals surface area contributed by atoms with Gasteiger partial charge in [-0.1, -0.05) is 13.0 Å². The summed E-state index contributed by atoms with van der Waals surface area (Å²) < 4.78 is 5.08. The smallest absolute Gasteiger partial charge is 0.310 e. The van der Waals surface area contributed by atoms with E-state index in [1.54, 1.807) is 13.2 Å². The minimum absolute atomic E-state index is 0.478. The van der Waals surface area contributed by atoms with E-state index in [-0.39, 0.29) is 0 Å². The van der Waals surface area contributed by atoms with Crippen molar-refractivity contribution in [2.24, 2.45) is 11.3 Å². The molecule has 1 aromatic heterocycles. The second-order valence-corrected chi connectivity index (χ2v) is 5.28. The molecule has 0 radical (unpaired) electrons. The first kappa shape index (κ1) is 12.9. The van der Waals surface area contributed by atoms with Crippen LogP contribution >= 0.6 is 0 Å². The molecule has 0 bridgehead atoms. The Hall–Kier alpha value is -1.58. The Labute approximate surface area is 107 Å². The number of aliphatic carboxylic acids is 1. The van der Waals surface area contributed by atoms with Crippen molar-refractivity contribution in [1.29, 1.82) is 0 Å². The van der Waals surface area contributed by atoms with Gasteiger partial charge in [-0.15, -0.1) is 0 Å². The molecule has 0 amide bonds. The van der Waals surface area contributed by atoms with E-state index in [0.29, 0.717) is 18.2 Å². The molecule has 0 aliphatic heterocycles. The molecule has 1 N–H and O–H groups in total. The molecule has 18 heavy (non-hydrogen) atoms. The van der Waals surface area contributed by atoms with Gasteiger partial charge in [-0.25, -0.2) is 4.98 Å². The third-order valence-electron chi connectivity index (χ3n) is 3.82. The van der Waals surface area contributed by atoms with Crippen molar-refractivity contribution in [3.05, 3.63) is 23.9 Å². The molecule has 0 spiro atoms. The summed E-state index contributed by atoms with van der Waals surface area (Å²) in [6.45, 7) is 2.11. The van der Waals surface area contributed by atoms with Gasteiger partial charge >= 0.3 is 5.97 Å². The summed E-state index contributed by atoms with van der Waals surface area (Å²) in [5.41, 5.74) is 0.157. The predicted octanol–water partition coefficient (Wildman–Crippen LogP) is 2.52. The Morgan fingerprint density at radius 2 is 2.39 bits per heavy atom. The van der Waals surface area contributed by atoms with Gasteiger partial charge in [-0.05, 0) is 31.2 Å². The van der Waals surface area contributed by atoms with Crippen molar-refractivity contribution in [2.45, 2.75) is 32.6 Å². The first-order valence-corrected chi connectivity index (χ1v) is 6.29. The number of hydrogen-bond acceptors (Lipinski definition) is 3. The Morgan fingerprint density at radius 3 is 2.94 bits per heavy atom. The van der Waals surface area contributed by atoms with Crippen molar-refractivity contribution < 1.29 is 14.6 Å². The van der Waals surface area contributed by atoms with Gasteiger partial charge in [-0.2, -0.15) is 0 Å². The number of aromatic nitrogens is 1. The highest BCUT2D eigenvalue weighted by molar-refractivity contribution is 5.75. The van der Waals surface area contributed by atoms with Gasteiger partial charge in [0, 0.05) is 18.2 Å². The van der Waals surface area contributed by atoms with Gasteiger partial charge in [0.05, 0.1) is 12.5 Å². The van der Waals surface area contributed by atoms with Crippen LogP contribution in [0.1, 0.15) is 31.9 Å². The first-order chi connectivity index (χ1) is 8.55. The van der Waals surface area contributed by atoms with E-state index >= 15 is 0 Å². The fourth-order valence-electron chi connectivity index (χ4n) is 2.84. The zero-order chi connectivity index (χ0) is 13.2. The molecular weight excluding hydrogens is 230 g/mol. The lowest BCUT2D eigenvalue weighted by molar-refractivity contribution is -0.148. The molecule has 4 heteroatoms. The summed E-state index contributed by atoms with van der Waals surface area (Å²) in [5, 5.41) is 9.51. The maximum Gasteiger partial charge on any atom is 0.310 e. The fourth-order valence-corrected chi connectivity index (χ4v) is 2.84. The molecule has 0 saturated heterocycles. The third-order valence-corrected chi connectivity index (χ3v) is 3.82. The van der Waals surface area contributed by atoms with Crippen molar-refractivity contribution in [3.8, 4) is 5.88 Å². The van der Waals surface area contributed by atoms with E-state index in [0.717, 1.165) is 25.0 Å². The molecule has 2 atom stereocenters. The lowest BCUT2D eigenvalue weighted by Gasteiger charge is -2.23. The summed E-state index contributed by atoms with van der Waals surface area (Å²) >= 11 is 0. The summed E-state index contributed by atoms with van der Waals surface area (Å²) in [6.07, 6.45) is 2.95. The Balaban J connectivity index is 2.21. The summed E-state index contributed by atoms with van der Waals surface area (Å²) in [6, 6.07) is 5.50. The predicted molar refractivity (Wildman–Crippen MR) is 67.6 cm³/mol. The molecule has 1 aliphatic rings. The van der Waals surface area contributed by atoms with Crippen molar-refractivity contribution in [2.75, 3.05) is 7.11 Å². The van der Waals surface area contributed by atoms with Crippen molar-refractivity contribution in [1.82, 2.24) is 4.98 Å². The first-order valence-electron chi connectivity index (χ1n) is 6.29. The zero-order valence-electron chi connectivity index (χ0n) is 10.8. The second kappa shape index (κ2) is 4.96. The number of hydrogen-bond donors (Lipinski definition) is 1. The van der Waals surface area contributed by atoms with Crippen molar-refractivity contribution >= 4 is 5.97 Å². The van der Waals surface area contributed by atoms with Gasteiger partial charge in [0.25, 0.3) is 0 Å². The Bertz CT molecular complexity index is 446. The van der Waals surface area contributed by atoms with E-state index in [9.17, 15) is 9.90 Å². The van der Waals surface area contributed by atoms with E-state index < -0.39 is 11.4 Å². The molecule has 1 fully saturated rings. The van der Waals surface area contributed by atoms with Gasteiger partial charge in [-0.3, -0.25) is 4.79 Å². The quantitative estimate of drug-likeness (QED) is 0.890. The maximum absolute atomic E-state index is 11.6. The number of ether oxygens (including phenoxy) is 1. The normalized spacial score (nSPS) is 27.1. The van der Waals surface area contributed by atoms with Crippen LogP contribution in [0.3, 0.4) is 0 Å². The lowest BCUT2D eigenvalue weighted by atomic mass is 9.81. The maximum atomic E-state index is 11.6. The van der Waals surface area contributed by atoms with Crippen molar-refractivity contribution in [3.63, 3.8) is 0 Å². The number of carboxylic acid groups (broad SMARTS) is 1. The number of rotatable bonds is 4. The average molecular weight is 249 g/mol. The number of methoxy groups -OCH3 is 1. The number of pyridine rings is 1. The molecular formula is C14H19NO3. The monoisotopic (exact) mass is 249 g/mol. The summed E-state index contributed by atoms with van der Waals surface area (Å²) in [4.78, 5) is 15.9. The van der Waals surface area contributed by atoms with Crippen LogP contribution in [0.15, 0.2) is 18.2 Å². The van der Waals surface area contributed by atoms with Crippen LogP contribution in [0.5, 0.6) is 5.88 Å². The molecule has 2 rings (SSSR count). The van der Waals surface area contributed by atoms with Crippen LogP contribution in [0.25, 0.3) is 0 Å². The highest BCUT2D eigenvalue weighted by atomic mass is 16.5. The molecule has 1 saturated carbocycles. The van der Waals surface area contributed by atoms with E-state index in [1.165, 1.54) is 0 Å². The number of nitrogens with zero attached hydrogens (tertiary/aromatic N) is 1. The number of carbonyl (C=O) groups is 1. The molecule has 1 aromatic rings. The molecule has 0 aromatic carbocycles. The minimum atomic E-state index is -0.698. The highest BCUT2D eigenvalue weighted by Crippen LogP contribution is 2.44. The third kappa shape index (κ3) is 2.47. The zero-order valence-corrected chi connectivity index (χ0v) is 10.8. The highest BCUT2D eigenvalue weighted by Gasteiger charge is 2.44. The summed E-state index contributed by atoms with van der Waals surface area (Å²) in [5.74, 6) is 0.322. The van der Waals surface area contributed by atoms with Gasteiger partial charge < -0.3 is 9.84 Å². The topological polar surface area (TPSA) is 59.4 Å². The minimum Gasteiger partial charge on any atom is -0.481 e. The van der Waals surface area contributed by atoms with Crippen LogP contribution in [-0.2, 0) is 11.2 Å². The SMILES string of the molecule is COc1cccc(CC2(C(=O)O)CCC(C)C2)n1. The average Bonchev–Trinajstić information content (AvgIpc) is 2.72. The Morgan fingerprint density at radius 1 is 1.61 bits per heavy atom. The van der Waals surface area contributed by atoms with Crippen LogP contribution in [0.2, 0.25) is 0 Å². The molecule has 1 heterocycles.